The molecule has 0 aliphatic rings. The summed E-state index contributed by atoms with van der Waals surface area (Å²) < 4.78 is 22.8. The molecule has 0 bridgehead atoms. The second kappa shape index (κ2) is 7.12. The average Bonchev–Trinajstić information content (AvgIpc) is 3.11. The van der Waals surface area contributed by atoms with Crippen LogP contribution >= 0.6 is 22.6 Å². The van der Waals surface area contributed by atoms with Gasteiger partial charge in [0, 0.05) is 20.8 Å². The summed E-state index contributed by atoms with van der Waals surface area (Å²) in [6.07, 6.45) is 0. The van der Waals surface area contributed by atoms with E-state index in [1.54, 1.807) is 21.3 Å². The molecule has 0 spiro atoms. The first-order chi connectivity index (χ1) is 11.7. The number of ether oxygens (including phenoxy) is 3. The highest BCUT2D eigenvalue weighted by molar-refractivity contribution is 14.1. The van der Waals surface area contributed by atoms with Crippen molar-refractivity contribution in [1.29, 1.82) is 0 Å². The molecule has 0 unspecified atom stereocenters. The lowest BCUT2D eigenvalue weighted by molar-refractivity contribution is 0.324. The SMILES string of the molecule is COc1cc(-c2cc(-c3ccc(I)cc3)no2)cc(OC)c1OC. The first kappa shape index (κ1) is 16.6. The van der Waals surface area contributed by atoms with Gasteiger partial charge in [0.25, 0.3) is 0 Å². The Labute approximate surface area is 153 Å². The van der Waals surface area contributed by atoms with E-state index in [-0.39, 0.29) is 0 Å². The summed E-state index contributed by atoms with van der Waals surface area (Å²) in [5.74, 6) is 2.31. The Bertz CT molecular complexity index is 817. The Morgan fingerprint density at radius 2 is 1.46 bits per heavy atom. The van der Waals surface area contributed by atoms with Gasteiger partial charge in [-0.1, -0.05) is 17.3 Å². The van der Waals surface area contributed by atoms with E-state index in [1.807, 2.05) is 42.5 Å². The fourth-order valence-corrected chi connectivity index (χ4v) is 2.75. The second-order valence-electron chi connectivity index (χ2n) is 5.00. The molecule has 0 saturated heterocycles. The van der Waals surface area contributed by atoms with E-state index in [0.717, 1.165) is 16.8 Å². The maximum atomic E-state index is 5.50. The average molecular weight is 437 g/mol. The number of hydrogen-bond acceptors (Lipinski definition) is 5. The molecule has 0 radical (unpaired) electrons. The number of nitrogens with zero attached hydrogens (tertiary/aromatic N) is 1. The summed E-state index contributed by atoms with van der Waals surface area (Å²) in [6.45, 7) is 0. The van der Waals surface area contributed by atoms with E-state index in [0.29, 0.717) is 23.0 Å². The van der Waals surface area contributed by atoms with Crippen LogP contribution in [0.4, 0.5) is 0 Å². The Morgan fingerprint density at radius 3 is 2.00 bits per heavy atom. The van der Waals surface area contributed by atoms with E-state index in [4.69, 9.17) is 18.7 Å². The van der Waals surface area contributed by atoms with Gasteiger partial charge in [-0.2, -0.15) is 0 Å². The molecule has 0 saturated carbocycles. The molecule has 0 N–H and O–H groups in total. The molecule has 24 heavy (non-hydrogen) atoms. The van der Waals surface area contributed by atoms with Gasteiger partial charge in [0.1, 0.15) is 5.69 Å². The van der Waals surface area contributed by atoms with Gasteiger partial charge in [0.05, 0.1) is 21.3 Å². The summed E-state index contributed by atoms with van der Waals surface area (Å²) in [5, 5.41) is 4.16. The number of rotatable bonds is 5. The van der Waals surface area contributed by atoms with E-state index in [1.165, 1.54) is 3.57 Å². The van der Waals surface area contributed by atoms with Crippen LogP contribution in [0.2, 0.25) is 0 Å². The third-order valence-corrected chi connectivity index (χ3v) is 4.32. The molecule has 5 nitrogen and oxygen atoms in total. The molecule has 3 rings (SSSR count). The zero-order chi connectivity index (χ0) is 17.1. The minimum Gasteiger partial charge on any atom is -0.493 e. The minimum absolute atomic E-state index is 0.543. The summed E-state index contributed by atoms with van der Waals surface area (Å²) in [4.78, 5) is 0. The molecule has 3 aromatic rings. The van der Waals surface area contributed by atoms with Gasteiger partial charge in [0.2, 0.25) is 5.75 Å². The van der Waals surface area contributed by atoms with Crippen molar-refractivity contribution in [3.05, 3.63) is 46.0 Å². The van der Waals surface area contributed by atoms with Crippen molar-refractivity contribution in [3.8, 4) is 39.8 Å². The molecular formula is C18H16INO4. The predicted octanol–water partition coefficient (Wildman–Crippen LogP) is 4.64. The molecule has 6 heteroatoms. The highest BCUT2D eigenvalue weighted by Crippen LogP contribution is 2.41. The molecule has 0 amide bonds. The van der Waals surface area contributed by atoms with Gasteiger partial charge >= 0.3 is 0 Å². The topological polar surface area (TPSA) is 53.7 Å². The molecular weight excluding hydrogens is 421 g/mol. The normalized spacial score (nSPS) is 10.5. The van der Waals surface area contributed by atoms with Crippen molar-refractivity contribution >= 4 is 22.6 Å². The first-order valence-electron chi connectivity index (χ1n) is 7.19. The Balaban J connectivity index is 2.02. The number of halogens is 1. The van der Waals surface area contributed by atoms with E-state index in [2.05, 4.69) is 27.7 Å². The lowest BCUT2D eigenvalue weighted by atomic mass is 10.1. The third-order valence-electron chi connectivity index (χ3n) is 3.60. The quantitative estimate of drug-likeness (QED) is 0.545. The van der Waals surface area contributed by atoms with Crippen molar-refractivity contribution in [1.82, 2.24) is 5.16 Å². The van der Waals surface area contributed by atoms with Crippen LogP contribution in [0.3, 0.4) is 0 Å². The smallest absolute Gasteiger partial charge is 0.203 e. The minimum atomic E-state index is 0.543. The highest BCUT2D eigenvalue weighted by Gasteiger charge is 2.17. The maximum Gasteiger partial charge on any atom is 0.203 e. The molecule has 2 aromatic carbocycles. The molecule has 124 valence electrons. The van der Waals surface area contributed by atoms with Crippen molar-refractivity contribution < 1.29 is 18.7 Å². The van der Waals surface area contributed by atoms with Gasteiger partial charge in [0.15, 0.2) is 17.3 Å². The van der Waals surface area contributed by atoms with Gasteiger partial charge in [-0.15, -0.1) is 0 Å². The first-order valence-corrected chi connectivity index (χ1v) is 8.27. The Hall–Kier alpha value is -2.22. The van der Waals surface area contributed by atoms with Gasteiger partial charge in [-0.05, 0) is 46.9 Å². The van der Waals surface area contributed by atoms with Gasteiger partial charge < -0.3 is 18.7 Å². The van der Waals surface area contributed by atoms with Crippen molar-refractivity contribution in [2.24, 2.45) is 0 Å². The fraction of sp³-hybridized carbons (Fsp3) is 0.167. The van der Waals surface area contributed by atoms with Crippen molar-refractivity contribution in [2.45, 2.75) is 0 Å². The zero-order valence-electron chi connectivity index (χ0n) is 13.5. The van der Waals surface area contributed by atoms with Crippen molar-refractivity contribution in [3.63, 3.8) is 0 Å². The van der Waals surface area contributed by atoms with Crippen LogP contribution in [-0.2, 0) is 0 Å². The molecule has 0 atom stereocenters. The largest absolute Gasteiger partial charge is 0.493 e. The van der Waals surface area contributed by atoms with Gasteiger partial charge in [-0.25, -0.2) is 0 Å². The van der Waals surface area contributed by atoms with E-state index < -0.39 is 0 Å². The molecule has 0 aliphatic heterocycles. The number of benzene rings is 2. The van der Waals surface area contributed by atoms with Crippen LogP contribution in [0.5, 0.6) is 17.2 Å². The van der Waals surface area contributed by atoms with Crippen LogP contribution in [0.25, 0.3) is 22.6 Å². The number of hydrogen-bond donors (Lipinski definition) is 0. The zero-order valence-corrected chi connectivity index (χ0v) is 15.7. The molecule has 0 aliphatic carbocycles. The standard InChI is InChI=1S/C18H16INO4/c1-21-16-8-12(9-17(22-2)18(16)23-3)15-10-14(20-24-15)11-4-6-13(19)7-5-11/h4-10H,1-3H3. The van der Waals surface area contributed by atoms with Crippen LogP contribution in [-0.4, -0.2) is 26.5 Å². The molecule has 1 heterocycles. The highest BCUT2D eigenvalue weighted by atomic mass is 127. The van der Waals surface area contributed by atoms with Crippen LogP contribution in [0.1, 0.15) is 0 Å². The van der Waals surface area contributed by atoms with Gasteiger partial charge in [-0.3, -0.25) is 0 Å². The van der Waals surface area contributed by atoms with E-state index >= 15 is 0 Å². The summed E-state index contributed by atoms with van der Waals surface area (Å²) in [6, 6.07) is 13.6. The fourth-order valence-electron chi connectivity index (χ4n) is 2.39. The Morgan fingerprint density at radius 1 is 0.833 bits per heavy atom. The monoisotopic (exact) mass is 437 g/mol. The predicted molar refractivity (Wildman–Crippen MR) is 99.7 cm³/mol. The van der Waals surface area contributed by atoms with Crippen LogP contribution in [0, 0.1) is 3.57 Å². The summed E-state index contributed by atoms with van der Waals surface area (Å²) >= 11 is 2.27. The van der Waals surface area contributed by atoms with Crippen LogP contribution < -0.4 is 14.2 Å². The molecule has 0 fully saturated rings. The second-order valence-corrected chi connectivity index (χ2v) is 6.24. The lowest BCUT2D eigenvalue weighted by Crippen LogP contribution is -1.95. The molecule has 1 aromatic heterocycles. The van der Waals surface area contributed by atoms with Crippen LogP contribution in [0.15, 0.2) is 47.0 Å². The maximum absolute atomic E-state index is 5.50. The lowest BCUT2D eigenvalue weighted by Gasteiger charge is -2.12. The van der Waals surface area contributed by atoms with E-state index in [9.17, 15) is 0 Å². The Kier molecular flexibility index (Phi) is 4.94. The summed E-state index contributed by atoms with van der Waals surface area (Å²) in [5.41, 5.74) is 2.57. The number of aromatic nitrogens is 1. The van der Waals surface area contributed by atoms with Crippen molar-refractivity contribution in [2.75, 3.05) is 21.3 Å². The summed E-state index contributed by atoms with van der Waals surface area (Å²) in [7, 11) is 4.74. The number of methoxy groups -OCH3 is 3. The third kappa shape index (κ3) is 3.19.